The predicted octanol–water partition coefficient (Wildman–Crippen LogP) is 1.50. The lowest BCUT2D eigenvalue weighted by atomic mass is 10.0. The molecular formula is C14H16N4O. The van der Waals surface area contributed by atoms with Crippen LogP contribution in [0.3, 0.4) is 0 Å². The topological polar surface area (TPSA) is 64.1 Å². The average Bonchev–Trinajstić information content (AvgIpc) is 2.78. The number of aromatic nitrogens is 2. The van der Waals surface area contributed by atoms with E-state index >= 15 is 0 Å². The molecule has 0 spiro atoms. The fraction of sp³-hybridized carbons (Fsp3) is 0.286. The van der Waals surface area contributed by atoms with Crippen LogP contribution < -0.4 is 10.6 Å². The first-order valence-corrected chi connectivity index (χ1v) is 6.17. The van der Waals surface area contributed by atoms with Crippen LogP contribution in [0.15, 0.2) is 18.2 Å². The van der Waals surface area contributed by atoms with E-state index in [1.54, 1.807) is 11.9 Å². The second-order valence-corrected chi connectivity index (χ2v) is 4.94. The summed E-state index contributed by atoms with van der Waals surface area (Å²) in [7, 11) is 3.70. The Labute approximate surface area is 111 Å². The summed E-state index contributed by atoms with van der Waals surface area (Å²) in [6, 6.07) is 6.05. The minimum Gasteiger partial charge on any atom is -0.369 e. The van der Waals surface area contributed by atoms with E-state index in [0.717, 1.165) is 28.2 Å². The van der Waals surface area contributed by atoms with Crippen molar-refractivity contribution in [2.75, 3.05) is 17.7 Å². The van der Waals surface area contributed by atoms with Gasteiger partial charge in [-0.05, 0) is 24.6 Å². The molecule has 1 aliphatic rings. The van der Waals surface area contributed by atoms with E-state index in [1.807, 2.05) is 30.7 Å². The Hall–Kier alpha value is -2.30. The Morgan fingerprint density at radius 2 is 2.05 bits per heavy atom. The molecule has 1 amide bonds. The van der Waals surface area contributed by atoms with Gasteiger partial charge in [0.2, 0.25) is 11.9 Å². The molecule has 2 heterocycles. The lowest BCUT2D eigenvalue weighted by Crippen LogP contribution is -2.20. The summed E-state index contributed by atoms with van der Waals surface area (Å²) in [5.41, 5.74) is 10.8. The van der Waals surface area contributed by atoms with Crippen LogP contribution in [-0.4, -0.2) is 22.5 Å². The molecule has 0 bridgehead atoms. The molecule has 3 rings (SSSR count). The molecule has 98 valence electrons. The van der Waals surface area contributed by atoms with Gasteiger partial charge in [-0.2, -0.15) is 0 Å². The van der Waals surface area contributed by atoms with Gasteiger partial charge in [0.1, 0.15) is 0 Å². The van der Waals surface area contributed by atoms with Crippen molar-refractivity contribution in [3.05, 3.63) is 29.5 Å². The molecule has 0 aliphatic carbocycles. The number of carbonyl (C=O) groups excluding carboxylic acids is 1. The lowest BCUT2D eigenvalue weighted by molar-refractivity contribution is -0.117. The largest absolute Gasteiger partial charge is 0.369 e. The molecule has 1 aromatic carbocycles. The number of hydrogen-bond donors (Lipinski definition) is 1. The summed E-state index contributed by atoms with van der Waals surface area (Å²) in [6.45, 7) is 1.94. The number of hydrogen-bond acceptors (Lipinski definition) is 3. The summed E-state index contributed by atoms with van der Waals surface area (Å²) in [5.74, 6) is 0.634. The van der Waals surface area contributed by atoms with Gasteiger partial charge in [0.15, 0.2) is 0 Å². The van der Waals surface area contributed by atoms with E-state index in [1.165, 1.54) is 0 Å². The molecule has 1 aromatic heterocycles. The Balaban J connectivity index is 2.14. The van der Waals surface area contributed by atoms with Crippen LogP contribution >= 0.6 is 0 Å². The fourth-order valence-corrected chi connectivity index (χ4v) is 2.68. The minimum atomic E-state index is 0.133. The highest BCUT2D eigenvalue weighted by Gasteiger charge is 2.24. The van der Waals surface area contributed by atoms with Crippen molar-refractivity contribution in [2.24, 2.45) is 7.05 Å². The standard InChI is InChI=1S/C14H16N4O/c1-8-13(18(3)14(15)16-8)9-4-5-11-10(6-9)7-12(19)17(11)2/h4-6H,7H2,1-3H3,(H2,15,16). The summed E-state index contributed by atoms with van der Waals surface area (Å²) in [5, 5.41) is 0. The van der Waals surface area contributed by atoms with Crippen molar-refractivity contribution in [1.82, 2.24) is 9.55 Å². The molecule has 2 aromatic rings. The van der Waals surface area contributed by atoms with Crippen molar-refractivity contribution in [3.8, 4) is 11.3 Å². The molecule has 0 radical (unpaired) electrons. The van der Waals surface area contributed by atoms with E-state index < -0.39 is 0 Å². The molecule has 5 nitrogen and oxygen atoms in total. The van der Waals surface area contributed by atoms with Crippen LogP contribution in [0.2, 0.25) is 0 Å². The molecule has 0 saturated heterocycles. The highest BCUT2D eigenvalue weighted by Crippen LogP contribution is 2.33. The van der Waals surface area contributed by atoms with E-state index in [2.05, 4.69) is 11.1 Å². The van der Waals surface area contributed by atoms with Crippen molar-refractivity contribution >= 4 is 17.5 Å². The first-order chi connectivity index (χ1) is 8.99. The summed E-state index contributed by atoms with van der Waals surface area (Å²) in [4.78, 5) is 17.7. The average molecular weight is 256 g/mol. The molecular weight excluding hydrogens is 240 g/mol. The van der Waals surface area contributed by atoms with Crippen LogP contribution in [0.25, 0.3) is 11.3 Å². The molecule has 0 unspecified atom stereocenters. The third-order valence-electron chi connectivity index (χ3n) is 3.73. The monoisotopic (exact) mass is 256 g/mol. The summed E-state index contributed by atoms with van der Waals surface area (Å²) >= 11 is 0. The number of nitrogens with zero attached hydrogens (tertiary/aromatic N) is 3. The number of carbonyl (C=O) groups is 1. The fourth-order valence-electron chi connectivity index (χ4n) is 2.68. The predicted molar refractivity (Wildman–Crippen MR) is 74.9 cm³/mol. The van der Waals surface area contributed by atoms with Gasteiger partial charge in [-0.25, -0.2) is 4.98 Å². The quantitative estimate of drug-likeness (QED) is 0.841. The number of aryl methyl sites for hydroxylation is 1. The maximum Gasteiger partial charge on any atom is 0.231 e. The molecule has 1 aliphatic heterocycles. The minimum absolute atomic E-state index is 0.133. The first-order valence-electron chi connectivity index (χ1n) is 6.17. The van der Waals surface area contributed by atoms with E-state index in [-0.39, 0.29) is 5.91 Å². The SMILES string of the molecule is Cc1nc(N)n(C)c1-c1ccc2c(c1)CC(=O)N2C. The lowest BCUT2D eigenvalue weighted by Gasteiger charge is -2.11. The van der Waals surface area contributed by atoms with Gasteiger partial charge in [-0.15, -0.1) is 0 Å². The van der Waals surface area contributed by atoms with Crippen LogP contribution in [0.5, 0.6) is 0 Å². The Morgan fingerprint density at radius 1 is 1.32 bits per heavy atom. The maximum absolute atomic E-state index is 11.7. The Kier molecular flexibility index (Phi) is 2.38. The van der Waals surface area contributed by atoms with E-state index in [4.69, 9.17) is 5.73 Å². The molecule has 0 saturated carbocycles. The maximum atomic E-state index is 11.7. The van der Waals surface area contributed by atoms with Crippen molar-refractivity contribution in [1.29, 1.82) is 0 Å². The number of nitrogen functional groups attached to an aromatic ring is 1. The number of benzene rings is 1. The number of nitrogens with two attached hydrogens (primary N) is 1. The van der Waals surface area contributed by atoms with Crippen LogP contribution in [0.1, 0.15) is 11.3 Å². The van der Waals surface area contributed by atoms with Crippen LogP contribution in [0, 0.1) is 6.92 Å². The zero-order chi connectivity index (χ0) is 13.7. The number of likely N-dealkylation sites (N-methyl/N-ethyl adjacent to an activating group) is 1. The van der Waals surface area contributed by atoms with Gasteiger partial charge in [-0.3, -0.25) is 4.79 Å². The van der Waals surface area contributed by atoms with Gasteiger partial charge in [0.05, 0.1) is 17.8 Å². The van der Waals surface area contributed by atoms with E-state index in [9.17, 15) is 4.79 Å². The van der Waals surface area contributed by atoms with Gasteiger partial charge >= 0.3 is 0 Å². The second kappa shape index (κ2) is 3.85. The van der Waals surface area contributed by atoms with Gasteiger partial charge in [-0.1, -0.05) is 6.07 Å². The highest BCUT2D eigenvalue weighted by molar-refractivity contribution is 6.01. The summed E-state index contributed by atoms with van der Waals surface area (Å²) < 4.78 is 1.87. The zero-order valence-corrected chi connectivity index (χ0v) is 11.3. The van der Waals surface area contributed by atoms with Crippen LogP contribution in [0.4, 0.5) is 11.6 Å². The van der Waals surface area contributed by atoms with Gasteiger partial charge in [0.25, 0.3) is 0 Å². The molecule has 5 heteroatoms. The molecule has 0 atom stereocenters. The van der Waals surface area contributed by atoms with Gasteiger partial charge < -0.3 is 15.2 Å². The molecule has 2 N–H and O–H groups in total. The Morgan fingerprint density at radius 3 is 2.68 bits per heavy atom. The third kappa shape index (κ3) is 1.62. The first kappa shape index (κ1) is 11.8. The molecule has 19 heavy (non-hydrogen) atoms. The number of imidazole rings is 1. The van der Waals surface area contributed by atoms with Crippen molar-refractivity contribution in [3.63, 3.8) is 0 Å². The number of fused-ring (bicyclic) bond motifs is 1. The highest BCUT2D eigenvalue weighted by atomic mass is 16.2. The normalized spacial score (nSPS) is 14.1. The van der Waals surface area contributed by atoms with E-state index in [0.29, 0.717) is 12.4 Å². The Bertz CT molecular complexity index is 687. The third-order valence-corrected chi connectivity index (χ3v) is 3.73. The van der Waals surface area contributed by atoms with Crippen molar-refractivity contribution in [2.45, 2.75) is 13.3 Å². The molecule has 0 fully saturated rings. The van der Waals surface area contributed by atoms with Gasteiger partial charge in [0, 0.05) is 25.3 Å². The smallest absolute Gasteiger partial charge is 0.231 e. The number of rotatable bonds is 1. The van der Waals surface area contributed by atoms with Crippen LogP contribution in [-0.2, 0) is 18.3 Å². The number of amides is 1. The van der Waals surface area contributed by atoms with Crippen molar-refractivity contribution < 1.29 is 4.79 Å². The zero-order valence-electron chi connectivity index (χ0n) is 11.3. The summed E-state index contributed by atoms with van der Waals surface area (Å²) in [6.07, 6.45) is 0.464. The second-order valence-electron chi connectivity index (χ2n) is 4.94. The number of anilines is 2.